The molecule has 2 N–H and O–H groups in total. The van der Waals surface area contributed by atoms with Crippen molar-refractivity contribution in [2.24, 2.45) is 0 Å². The lowest BCUT2D eigenvalue weighted by atomic mass is 10.1. The third kappa shape index (κ3) is 4.52. The highest BCUT2D eigenvalue weighted by Crippen LogP contribution is 2.27. The monoisotopic (exact) mass is 410 g/mol. The van der Waals surface area contributed by atoms with Gasteiger partial charge in [-0.25, -0.2) is 4.68 Å². The number of aromatic amines is 1. The molecule has 7 heteroatoms. The molecule has 0 amide bonds. The van der Waals surface area contributed by atoms with Crippen molar-refractivity contribution in [1.29, 1.82) is 0 Å². The van der Waals surface area contributed by atoms with Gasteiger partial charge in [0.1, 0.15) is 5.75 Å². The van der Waals surface area contributed by atoms with Crippen molar-refractivity contribution in [2.45, 2.75) is 20.5 Å². The van der Waals surface area contributed by atoms with E-state index in [0.717, 1.165) is 50.0 Å². The van der Waals surface area contributed by atoms with Crippen LogP contribution in [0.5, 0.6) is 5.75 Å². The molecule has 1 aliphatic rings. The number of rotatable bonds is 6. The Kier molecular flexibility index (Phi) is 5.97. The van der Waals surface area contributed by atoms with Crippen LogP contribution in [0.15, 0.2) is 48.5 Å². The Morgan fingerprint density at radius 2 is 1.83 bits per heavy atom. The molecule has 4 rings (SSSR count). The lowest BCUT2D eigenvalue weighted by molar-refractivity contribution is -0.924. The van der Waals surface area contributed by atoms with Gasteiger partial charge >= 0.3 is 0 Å². The number of nitrogens with zero attached hydrogens (tertiary/aromatic N) is 3. The van der Waals surface area contributed by atoms with Crippen molar-refractivity contribution in [2.75, 3.05) is 37.7 Å². The van der Waals surface area contributed by atoms with E-state index in [-0.39, 0.29) is 0 Å². The van der Waals surface area contributed by atoms with Gasteiger partial charge in [-0.2, -0.15) is 4.98 Å². The highest BCUT2D eigenvalue weighted by atomic mass is 32.1. The second kappa shape index (κ2) is 8.80. The minimum Gasteiger partial charge on any atom is -0.492 e. The van der Waals surface area contributed by atoms with Crippen molar-refractivity contribution >= 4 is 17.9 Å². The van der Waals surface area contributed by atoms with E-state index in [1.165, 1.54) is 16.2 Å². The van der Waals surface area contributed by atoms with Gasteiger partial charge in [0.25, 0.3) is 0 Å². The molecule has 1 saturated heterocycles. The number of piperazine rings is 1. The Morgan fingerprint density at radius 1 is 1.10 bits per heavy atom. The van der Waals surface area contributed by atoms with Gasteiger partial charge in [0.15, 0.2) is 12.5 Å². The van der Waals surface area contributed by atoms with Crippen molar-refractivity contribution in [3.63, 3.8) is 0 Å². The second-order valence-electron chi connectivity index (χ2n) is 7.44. The third-order valence-corrected chi connectivity index (χ3v) is 5.67. The van der Waals surface area contributed by atoms with E-state index < -0.39 is 0 Å². The van der Waals surface area contributed by atoms with E-state index in [4.69, 9.17) is 17.0 Å². The normalized spacial score (nSPS) is 14.9. The Labute approximate surface area is 176 Å². The molecule has 1 aromatic heterocycles. The molecule has 0 unspecified atom stereocenters. The third-order valence-electron chi connectivity index (χ3n) is 5.36. The zero-order chi connectivity index (χ0) is 20.2. The number of hydrogen-bond donors (Lipinski definition) is 2. The summed E-state index contributed by atoms with van der Waals surface area (Å²) in [6.07, 6.45) is 0. The van der Waals surface area contributed by atoms with Crippen LogP contribution >= 0.6 is 12.2 Å². The zero-order valence-electron chi connectivity index (χ0n) is 17.0. The number of H-pyrrole nitrogens is 1. The summed E-state index contributed by atoms with van der Waals surface area (Å²) < 4.78 is 8.40. The molecule has 3 aromatic rings. The number of aryl methyl sites for hydroxylation is 1. The maximum Gasteiger partial charge on any atom is 0.221 e. The van der Waals surface area contributed by atoms with Crippen LogP contribution < -0.4 is 14.5 Å². The van der Waals surface area contributed by atoms with Gasteiger partial charge in [-0.05, 0) is 38.2 Å². The molecule has 0 saturated carbocycles. The van der Waals surface area contributed by atoms with Crippen LogP contribution in [0.4, 0.5) is 5.69 Å². The fourth-order valence-corrected chi connectivity index (χ4v) is 3.95. The van der Waals surface area contributed by atoms with Gasteiger partial charge in [-0.3, -0.25) is 5.10 Å². The van der Waals surface area contributed by atoms with Gasteiger partial charge in [-0.15, -0.1) is 0 Å². The average Bonchev–Trinajstić information content (AvgIpc) is 3.10. The zero-order valence-corrected chi connectivity index (χ0v) is 17.8. The van der Waals surface area contributed by atoms with Crippen LogP contribution in [0.3, 0.4) is 0 Å². The number of aromatic nitrogens is 3. The van der Waals surface area contributed by atoms with Crippen LogP contribution in [0.25, 0.3) is 11.4 Å². The number of ether oxygens (including phenoxy) is 1. The Bertz CT molecular complexity index is 1000. The van der Waals surface area contributed by atoms with Crippen LogP contribution in [0.1, 0.15) is 12.5 Å². The summed E-state index contributed by atoms with van der Waals surface area (Å²) in [7, 11) is 0. The molecule has 152 valence electrons. The minimum absolute atomic E-state index is 0.609. The van der Waals surface area contributed by atoms with E-state index in [9.17, 15) is 0 Å². The molecule has 0 aliphatic carbocycles. The molecule has 0 spiro atoms. The number of benzene rings is 2. The highest BCUT2D eigenvalue weighted by Gasteiger charge is 2.23. The molecule has 1 fully saturated rings. The fourth-order valence-electron chi connectivity index (χ4n) is 3.75. The molecule has 29 heavy (non-hydrogen) atoms. The lowest BCUT2D eigenvalue weighted by Gasteiger charge is -2.34. The average molecular weight is 411 g/mol. The first-order valence-electron chi connectivity index (χ1n) is 10.2. The number of nitrogens with one attached hydrogen (secondary N) is 2. The van der Waals surface area contributed by atoms with Crippen molar-refractivity contribution in [3.8, 4) is 17.1 Å². The maximum absolute atomic E-state index is 5.80. The molecule has 0 atom stereocenters. The summed E-state index contributed by atoms with van der Waals surface area (Å²) >= 11 is 5.49. The van der Waals surface area contributed by atoms with E-state index >= 15 is 0 Å². The number of anilines is 1. The molecule has 1 aliphatic heterocycles. The molecule has 0 radical (unpaired) electrons. The van der Waals surface area contributed by atoms with E-state index in [2.05, 4.69) is 64.4 Å². The molecular weight excluding hydrogens is 382 g/mol. The van der Waals surface area contributed by atoms with Crippen LogP contribution in [0, 0.1) is 11.7 Å². The number of quaternary nitrogens is 1. The smallest absolute Gasteiger partial charge is 0.221 e. The van der Waals surface area contributed by atoms with Gasteiger partial charge < -0.3 is 14.5 Å². The van der Waals surface area contributed by atoms with Gasteiger partial charge in [0.2, 0.25) is 4.77 Å². The summed E-state index contributed by atoms with van der Waals surface area (Å²) in [4.78, 5) is 8.46. The van der Waals surface area contributed by atoms with E-state index in [1.54, 1.807) is 0 Å². The molecule has 2 heterocycles. The largest absolute Gasteiger partial charge is 0.492 e. The first-order chi connectivity index (χ1) is 14.1. The predicted molar refractivity (Wildman–Crippen MR) is 118 cm³/mol. The Balaban J connectivity index is 1.40. The summed E-state index contributed by atoms with van der Waals surface area (Å²) in [5.41, 5.74) is 3.49. The summed E-state index contributed by atoms with van der Waals surface area (Å²) in [5, 5.41) is 3.38. The van der Waals surface area contributed by atoms with Gasteiger partial charge in [0, 0.05) is 5.56 Å². The standard InChI is InChI=1S/C22H27N5OS/c1-3-28-20-7-5-4-6-19(20)26-14-12-25(13-15-26)16-27-22(29)23-21(24-27)18-10-8-17(2)9-11-18/h4-11H,3,12-16H2,1-2H3,(H,23,24,29)/p+1. The first kappa shape index (κ1) is 19.7. The summed E-state index contributed by atoms with van der Waals surface area (Å²) in [6.45, 7) is 9.67. The molecular formula is C22H28N5OS+. The van der Waals surface area contributed by atoms with E-state index in [1.807, 2.05) is 17.7 Å². The number of hydrogen-bond acceptors (Lipinski definition) is 4. The Hall–Kier alpha value is -2.64. The summed E-state index contributed by atoms with van der Waals surface area (Å²) in [6, 6.07) is 16.6. The van der Waals surface area contributed by atoms with Crippen molar-refractivity contribution in [3.05, 3.63) is 58.9 Å². The van der Waals surface area contributed by atoms with Crippen LogP contribution in [-0.2, 0) is 6.67 Å². The SMILES string of the molecule is CCOc1ccccc1N1CC[NH+](Cn2[nH]c(-c3ccc(C)cc3)nc2=S)CC1. The maximum atomic E-state index is 5.80. The van der Waals surface area contributed by atoms with Gasteiger partial charge in [-0.1, -0.05) is 42.0 Å². The second-order valence-corrected chi connectivity index (χ2v) is 7.81. The Morgan fingerprint density at radius 3 is 2.55 bits per heavy atom. The minimum atomic E-state index is 0.609. The van der Waals surface area contributed by atoms with Gasteiger partial charge in [0.05, 0.1) is 38.5 Å². The molecule has 2 aromatic carbocycles. The van der Waals surface area contributed by atoms with Crippen LogP contribution in [0.2, 0.25) is 0 Å². The van der Waals surface area contributed by atoms with Crippen LogP contribution in [-0.4, -0.2) is 47.6 Å². The quantitative estimate of drug-likeness (QED) is 0.614. The van der Waals surface area contributed by atoms with Crippen molar-refractivity contribution < 1.29 is 9.64 Å². The lowest BCUT2D eigenvalue weighted by Crippen LogP contribution is -3.14. The van der Waals surface area contributed by atoms with Crippen molar-refractivity contribution in [1.82, 2.24) is 14.8 Å². The number of para-hydroxylation sites is 2. The van der Waals surface area contributed by atoms with E-state index in [0.29, 0.717) is 11.4 Å². The summed E-state index contributed by atoms with van der Waals surface area (Å²) in [5.74, 6) is 1.80. The predicted octanol–water partition coefficient (Wildman–Crippen LogP) is 2.68. The molecule has 0 bridgehead atoms. The first-order valence-corrected chi connectivity index (χ1v) is 10.6. The molecule has 6 nitrogen and oxygen atoms in total. The highest BCUT2D eigenvalue weighted by molar-refractivity contribution is 7.71. The fraction of sp³-hybridized carbons (Fsp3) is 0.364. The topological polar surface area (TPSA) is 50.5 Å².